The number of aryl methyl sites for hydroxylation is 1. The molecule has 1 aromatic carbocycles. The summed E-state index contributed by atoms with van der Waals surface area (Å²) in [6, 6.07) is 13.2. The first-order valence-corrected chi connectivity index (χ1v) is 7.52. The number of aromatic nitrogens is 5. The van der Waals surface area contributed by atoms with Crippen LogP contribution in [0, 0.1) is 6.92 Å². The molecule has 2 N–H and O–H groups in total. The van der Waals surface area contributed by atoms with Crippen LogP contribution >= 0.6 is 0 Å². The number of carbonyl (C=O) groups excluding carboxylic acids is 1. The maximum absolute atomic E-state index is 11.9. The maximum Gasteiger partial charge on any atom is 0.247 e. The number of amides is 1. The first kappa shape index (κ1) is 15.6. The lowest BCUT2D eigenvalue weighted by Gasteiger charge is -2.07. The van der Waals surface area contributed by atoms with Crippen molar-refractivity contribution in [2.24, 2.45) is 0 Å². The van der Waals surface area contributed by atoms with Crippen LogP contribution in [0.1, 0.15) is 12.0 Å². The van der Waals surface area contributed by atoms with Crippen molar-refractivity contribution < 1.29 is 4.79 Å². The second-order valence-corrected chi connectivity index (χ2v) is 5.20. The highest BCUT2D eigenvalue weighted by molar-refractivity contribution is 5.89. The molecular formula is C16H17N7O. The summed E-state index contributed by atoms with van der Waals surface area (Å²) in [4.78, 5) is 16.1. The fourth-order valence-electron chi connectivity index (χ4n) is 2.08. The Labute approximate surface area is 138 Å². The van der Waals surface area contributed by atoms with Crippen LogP contribution in [0.5, 0.6) is 0 Å². The van der Waals surface area contributed by atoms with E-state index in [1.54, 1.807) is 16.9 Å². The Bertz CT molecular complexity index is 799. The van der Waals surface area contributed by atoms with Gasteiger partial charge < -0.3 is 10.6 Å². The van der Waals surface area contributed by atoms with Gasteiger partial charge in [-0.1, -0.05) is 29.4 Å². The predicted octanol–water partition coefficient (Wildman–Crippen LogP) is 1.81. The van der Waals surface area contributed by atoms with Gasteiger partial charge in [-0.05, 0) is 41.1 Å². The standard InChI is InChI=1S/C16H17N7O/c1-12-7-8-14(18-11-12)19-15(24)9-10-17-16-20-21-22-23(16)13-5-3-2-4-6-13/h2-8,11H,9-10H2,1H3,(H,17,20,22)(H,18,19,24). The van der Waals surface area contributed by atoms with Gasteiger partial charge in [0.25, 0.3) is 0 Å². The van der Waals surface area contributed by atoms with Crippen molar-refractivity contribution in [2.45, 2.75) is 13.3 Å². The van der Waals surface area contributed by atoms with E-state index in [-0.39, 0.29) is 12.3 Å². The quantitative estimate of drug-likeness (QED) is 0.718. The number of anilines is 2. The first-order valence-electron chi connectivity index (χ1n) is 7.52. The lowest BCUT2D eigenvalue weighted by molar-refractivity contribution is -0.116. The highest BCUT2D eigenvalue weighted by Gasteiger charge is 2.08. The molecule has 0 saturated heterocycles. The molecule has 2 aromatic heterocycles. The van der Waals surface area contributed by atoms with Crippen LogP contribution in [-0.4, -0.2) is 37.6 Å². The molecule has 0 aliphatic rings. The Kier molecular flexibility index (Phi) is 4.76. The molecule has 0 atom stereocenters. The largest absolute Gasteiger partial charge is 0.352 e. The number of nitrogens with zero attached hydrogens (tertiary/aromatic N) is 5. The number of rotatable bonds is 6. The summed E-state index contributed by atoms with van der Waals surface area (Å²) < 4.78 is 1.58. The van der Waals surface area contributed by atoms with E-state index < -0.39 is 0 Å². The summed E-state index contributed by atoms with van der Waals surface area (Å²) in [5.41, 5.74) is 1.89. The molecule has 3 rings (SSSR count). The zero-order chi connectivity index (χ0) is 16.8. The van der Waals surface area contributed by atoms with E-state index in [0.717, 1.165) is 11.3 Å². The molecule has 0 unspecified atom stereocenters. The van der Waals surface area contributed by atoms with E-state index in [4.69, 9.17) is 0 Å². The fourth-order valence-corrected chi connectivity index (χ4v) is 2.08. The van der Waals surface area contributed by atoms with Gasteiger partial charge in [0.05, 0.1) is 5.69 Å². The monoisotopic (exact) mass is 323 g/mol. The van der Waals surface area contributed by atoms with E-state index in [1.807, 2.05) is 43.3 Å². The number of carbonyl (C=O) groups is 1. The first-order chi connectivity index (χ1) is 11.7. The molecule has 0 aliphatic heterocycles. The summed E-state index contributed by atoms with van der Waals surface area (Å²) in [7, 11) is 0. The molecule has 2 heterocycles. The minimum atomic E-state index is -0.127. The van der Waals surface area contributed by atoms with Gasteiger partial charge in [-0.2, -0.15) is 4.68 Å². The van der Waals surface area contributed by atoms with Crippen LogP contribution in [0.3, 0.4) is 0 Å². The van der Waals surface area contributed by atoms with E-state index >= 15 is 0 Å². The van der Waals surface area contributed by atoms with Crippen LogP contribution in [0.15, 0.2) is 48.7 Å². The fraction of sp³-hybridized carbons (Fsp3) is 0.188. The van der Waals surface area contributed by atoms with Gasteiger partial charge in [0.2, 0.25) is 11.9 Å². The number of hydrogen-bond acceptors (Lipinski definition) is 6. The van der Waals surface area contributed by atoms with E-state index in [1.165, 1.54) is 0 Å². The van der Waals surface area contributed by atoms with Crippen molar-refractivity contribution in [1.82, 2.24) is 25.2 Å². The SMILES string of the molecule is Cc1ccc(NC(=O)CCNc2nnnn2-c2ccccc2)nc1. The molecule has 24 heavy (non-hydrogen) atoms. The molecule has 0 bridgehead atoms. The van der Waals surface area contributed by atoms with Crippen molar-refractivity contribution in [2.75, 3.05) is 17.2 Å². The number of hydrogen-bond donors (Lipinski definition) is 2. The van der Waals surface area contributed by atoms with Crippen LogP contribution in [-0.2, 0) is 4.79 Å². The second kappa shape index (κ2) is 7.32. The minimum absolute atomic E-state index is 0.127. The summed E-state index contributed by atoms with van der Waals surface area (Å²) >= 11 is 0. The molecule has 8 nitrogen and oxygen atoms in total. The number of tetrazole rings is 1. The molecule has 0 aliphatic carbocycles. The molecular weight excluding hydrogens is 306 g/mol. The van der Waals surface area contributed by atoms with Gasteiger partial charge in [-0.3, -0.25) is 4.79 Å². The van der Waals surface area contributed by atoms with Gasteiger partial charge in [-0.15, -0.1) is 0 Å². The van der Waals surface area contributed by atoms with Gasteiger partial charge >= 0.3 is 0 Å². The zero-order valence-electron chi connectivity index (χ0n) is 13.2. The van der Waals surface area contributed by atoms with Gasteiger partial charge in [0.1, 0.15) is 5.82 Å². The Hall–Kier alpha value is -3.29. The lowest BCUT2D eigenvalue weighted by atomic mass is 10.3. The molecule has 0 radical (unpaired) electrons. The van der Waals surface area contributed by atoms with Crippen molar-refractivity contribution in [1.29, 1.82) is 0 Å². The number of nitrogens with one attached hydrogen (secondary N) is 2. The molecule has 122 valence electrons. The third kappa shape index (κ3) is 3.92. The molecule has 1 amide bonds. The highest BCUT2D eigenvalue weighted by Crippen LogP contribution is 2.10. The second-order valence-electron chi connectivity index (χ2n) is 5.20. The Morgan fingerprint density at radius 3 is 2.75 bits per heavy atom. The van der Waals surface area contributed by atoms with E-state index in [9.17, 15) is 4.79 Å². The highest BCUT2D eigenvalue weighted by atomic mass is 16.1. The Morgan fingerprint density at radius 2 is 2.00 bits per heavy atom. The Balaban J connectivity index is 1.53. The smallest absolute Gasteiger partial charge is 0.247 e. The summed E-state index contributed by atoms with van der Waals surface area (Å²) in [6.07, 6.45) is 1.99. The van der Waals surface area contributed by atoms with Crippen LogP contribution in [0.25, 0.3) is 5.69 Å². The topological polar surface area (TPSA) is 97.6 Å². The van der Waals surface area contributed by atoms with Crippen molar-refractivity contribution in [3.05, 3.63) is 54.2 Å². The van der Waals surface area contributed by atoms with Crippen molar-refractivity contribution in [3.8, 4) is 5.69 Å². The predicted molar refractivity (Wildman–Crippen MR) is 89.9 cm³/mol. The van der Waals surface area contributed by atoms with E-state index in [2.05, 4.69) is 31.1 Å². The van der Waals surface area contributed by atoms with E-state index in [0.29, 0.717) is 18.3 Å². The third-order valence-electron chi connectivity index (χ3n) is 3.28. The van der Waals surface area contributed by atoms with Gasteiger partial charge in [0, 0.05) is 19.2 Å². The zero-order valence-corrected chi connectivity index (χ0v) is 13.2. The molecule has 0 saturated carbocycles. The lowest BCUT2D eigenvalue weighted by Crippen LogP contribution is -2.18. The van der Waals surface area contributed by atoms with Gasteiger partial charge in [-0.25, -0.2) is 4.98 Å². The molecule has 0 fully saturated rings. The van der Waals surface area contributed by atoms with Gasteiger partial charge in [0.15, 0.2) is 0 Å². The molecule has 3 aromatic rings. The maximum atomic E-state index is 11.9. The van der Waals surface area contributed by atoms with Crippen molar-refractivity contribution >= 4 is 17.7 Å². The normalized spacial score (nSPS) is 10.4. The number of pyridine rings is 1. The molecule has 0 spiro atoms. The number of benzene rings is 1. The average Bonchev–Trinajstić information content (AvgIpc) is 3.06. The van der Waals surface area contributed by atoms with Crippen LogP contribution in [0.2, 0.25) is 0 Å². The Morgan fingerprint density at radius 1 is 1.17 bits per heavy atom. The number of para-hydroxylation sites is 1. The van der Waals surface area contributed by atoms with Crippen molar-refractivity contribution in [3.63, 3.8) is 0 Å². The summed E-state index contributed by atoms with van der Waals surface area (Å²) in [5.74, 6) is 0.903. The summed E-state index contributed by atoms with van der Waals surface area (Å²) in [6.45, 7) is 2.35. The summed E-state index contributed by atoms with van der Waals surface area (Å²) in [5, 5.41) is 17.3. The van der Waals surface area contributed by atoms with Crippen LogP contribution < -0.4 is 10.6 Å². The average molecular weight is 323 g/mol. The van der Waals surface area contributed by atoms with Crippen LogP contribution in [0.4, 0.5) is 11.8 Å². The minimum Gasteiger partial charge on any atom is -0.352 e. The third-order valence-corrected chi connectivity index (χ3v) is 3.28. The molecule has 8 heteroatoms.